The summed E-state index contributed by atoms with van der Waals surface area (Å²) in [7, 11) is 0. The molecule has 0 aromatic heterocycles. The highest BCUT2D eigenvalue weighted by Gasteiger charge is 2.80. The van der Waals surface area contributed by atoms with Gasteiger partial charge in [0.2, 0.25) is 0 Å². The van der Waals surface area contributed by atoms with E-state index < -0.39 is 40.8 Å². The molecule has 0 radical (unpaired) electrons. The summed E-state index contributed by atoms with van der Waals surface area (Å²) in [5.74, 6) is -3.69. The standard InChI is InChI=1S/C19H24O7/c1-8-3-11(20)15(23)17(2)10(8)6-13-18-7-25-19(24,16(17)18)12(21)4-9(18)5-14(22)26-13/h3,9-10,12-13,15-16,21,23-24H,4-7H2,1-2H3/t9?,10?,12-,13-,15-,16?,17-,18?,19-/m1/s1. The van der Waals surface area contributed by atoms with Crippen LogP contribution >= 0.6 is 0 Å². The van der Waals surface area contributed by atoms with E-state index in [-0.39, 0.29) is 43.0 Å². The van der Waals surface area contributed by atoms with Crippen LogP contribution in [-0.4, -0.2) is 57.8 Å². The van der Waals surface area contributed by atoms with Crippen molar-refractivity contribution in [3.05, 3.63) is 11.6 Å². The second-order valence-electron chi connectivity index (χ2n) is 9.06. The second-order valence-corrected chi connectivity index (χ2v) is 9.06. The Balaban J connectivity index is 1.76. The average Bonchev–Trinajstić information content (AvgIpc) is 2.85. The fourth-order valence-corrected chi connectivity index (χ4v) is 7.12. The molecule has 7 nitrogen and oxygen atoms in total. The van der Waals surface area contributed by atoms with Crippen molar-refractivity contribution in [2.75, 3.05) is 6.61 Å². The lowest BCUT2D eigenvalue weighted by Gasteiger charge is -2.66. The topological polar surface area (TPSA) is 113 Å². The number of aliphatic hydroxyl groups is 3. The van der Waals surface area contributed by atoms with E-state index in [1.807, 2.05) is 13.8 Å². The molecule has 9 atom stereocenters. The zero-order chi connectivity index (χ0) is 18.6. The fourth-order valence-electron chi connectivity index (χ4n) is 7.12. The van der Waals surface area contributed by atoms with Gasteiger partial charge in [-0.15, -0.1) is 0 Å². The van der Waals surface area contributed by atoms with E-state index in [0.29, 0.717) is 6.42 Å². The van der Waals surface area contributed by atoms with Crippen LogP contribution in [0.25, 0.3) is 0 Å². The number of ketones is 1. The van der Waals surface area contributed by atoms with Gasteiger partial charge in [-0.1, -0.05) is 12.5 Å². The van der Waals surface area contributed by atoms with Gasteiger partial charge >= 0.3 is 5.97 Å². The molecule has 2 saturated carbocycles. The Labute approximate surface area is 151 Å². The third kappa shape index (κ3) is 1.60. The minimum absolute atomic E-state index is 0.153. The molecule has 3 aliphatic carbocycles. The van der Waals surface area contributed by atoms with E-state index in [9.17, 15) is 24.9 Å². The van der Waals surface area contributed by atoms with Crippen LogP contribution in [0.2, 0.25) is 0 Å². The number of ether oxygens (including phenoxy) is 2. The Bertz CT molecular complexity index is 746. The van der Waals surface area contributed by atoms with Crippen LogP contribution < -0.4 is 0 Å². The fraction of sp³-hybridized carbons (Fsp3) is 0.789. The summed E-state index contributed by atoms with van der Waals surface area (Å²) in [5, 5.41) is 33.0. The summed E-state index contributed by atoms with van der Waals surface area (Å²) in [5.41, 5.74) is -0.883. The summed E-state index contributed by atoms with van der Waals surface area (Å²) in [6.45, 7) is 3.79. The highest BCUT2D eigenvalue weighted by atomic mass is 16.6. The maximum absolute atomic E-state index is 12.5. The molecule has 0 amide bonds. The van der Waals surface area contributed by atoms with Crippen molar-refractivity contribution in [1.82, 2.24) is 0 Å². The first-order chi connectivity index (χ1) is 12.2. The van der Waals surface area contributed by atoms with Crippen LogP contribution in [0.3, 0.4) is 0 Å². The molecule has 2 saturated heterocycles. The molecule has 142 valence electrons. The molecule has 4 unspecified atom stereocenters. The number of hydrogen-bond acceptors (Lipinski definition) is 7. The van der Waals surface area contributed by atoms with Gasteiger partial charge in [-0.2, -0.15) is 0 Å². The Hall–Kier alpha value is -1.28. The van der Waals surface area contributed by atoms with Crippen molar-refractivity contribution in [3.63, 3.8) is 0 Å². The maximum Gasteiger partial charge on any atom is 0.306 e. The lowest BCUT2D eigenvalue weighted by atomic mass is 9.39. The van der Waals surface area contributed by atoms with Crippen molar-refractivity contribution in [1.29, 1.82) is 0 Å². The van der Waals surface area contributed by atoms with Gasteiger partial charge in [0.25, 0.3) is 0 Å². The van der Waals surface area contributed by atoms with E-state index >= 15 is 0 Å². The van der Waals surface area contributed by atoms with Crippen LogP contribution in [0.5, 0.6) is 0 Å². The molecular formula is C19H24O7. The molecule has 5 aliphatic rings. The monoisotopic (exact) mass is 364 g/mol. The summed E-state index contributed by atoms with van der Waals surface area (Å²) < 4.78 is 11.5. The van der Waals surface area contributed by atoms with Crippen molar-refractivity contribution in [2.24, 2.45) is 28.6 Å². The molecule has 7 heteroatoms. The molecule has 2 bridgehead atoms. The third-order valence-corrected chi connectivity index (χ3v) is 8.14. The Morgan fingerprint density at radius 1 is 1.23 bits per heavy atom. The number of hydrogen-bond donors (Lipinski definition) is 3. The van der Waals surface area contributed by atoms with Gasteiger partial charge in [-0.05, 0) is 37.7 Å². The number of aliphatic hydroxyl groups excluding tert-OH is 2. The SMILES string of the molecule is CC1=CC(=O)[C@@H](O)[C@@]2(C)C1C[C@H]1OC(=O)CC3C[C@@H](O)[C@@]4(O)OCC31C24. The Kier molecular flexibility index (Phi) is 3.09. The average molecular weight is 364 g/mol. The minimum Gasteiger partial charge on any atom is -0.462 e. The molecule has 4 fully saturated rings. The zero-order valence-electron chi connectivity index (χ0n) is 14.8. The van der Waals surface area contributed by atoms with Crippen molar-refractivity contribution in [2.45, 2.75) is 57.2 Å². The molecule has 0 aromatic carbocycles. The molecule has 5 rings (SSSR count). The first-order valence-corrected chi connectivity index (χ1v) is 9.29. The third-order valence-electron chi connectivity index (χ3n) is 8.14. The highest BCUT2D eigenvalue weighted by Crippen LogP contribution is 2.72. The first kappa shape index (κ1) is 16.9. The minimum atomic E-state index is -1.86. The van der Waals surface area contributed by atoms with E-state index in [2.05, 4.69) is 0 Å². The number of rotatable bonds is 0. The van der Waals surface area contributed by atoms with Crippen LogP contribution in [0.1, 0.15) is 33.1 Å². The summed E-state index contributed by atoms with van der Waals surface area (Å²) >= 11 is 0. The molecule has 1 spiro atoms. The van der Waals surface area contributed by atoms with Crippen LogP contribution in [0.4, 0.5) is 0 Å². The normalized spacial score (nSPS) is 57.8. The number of esters is 1. The van der Waals surface area contributed by atoms with E-state index in [4.69, 9.17) is 9.47 Å². The molecular weight excluding hydrogens is 340 g/mol. The summed E-state index contributed by atoms with van der Waals surface area (Å²) in [4.78, 5) is 24.6. The quantitative estimate of drug-likeness (QED) is 0.515. The van der Waals surface area contributed by atoms with Gasteiger partial charge in [0.05, 0.1) is 6.61 Å². The molecule has 26 heavy (non-hydrogen) atoms. The Morgan fingerprint density at radius 2 is 1.96 bits per heavy atom. The van der Waals surface area contributed by atoms with Crippen molar-refractivity contribution in [3.8, 4) is 0 Å². The lowest BCUT2D eigenvalue weighted by molar-refractivity contribution is -0.319. The van der Waals surface area contributed by atoms with Crippen LogP contribution in [0.15, 0.2) is 11.6 Å². The first-order valence-electron chi connectivity index (χ1n) is 9.29. The molecule has 0 aromatic rings. The largest absolute Gasteiger partial charge is 0.462 e. The predicted molar refractivity (Wildman–Crippen MR) is 86.4 cm³/mol. The lowest BCUT2D eigenvalue weighted by Crippen LogP contribution is -2.74. The highest BCUT2D eigenvalue weighted by molar-refractivity contribution is 5.96. The summed E-state index contributed by atoms with van der Waals surface area (Å²) in [6.07, 6.45) is -0.594. The number of carbonyl (C=O) groups excluding carboxylic acids is 2. The number of carbonyl (C=O) groups is 2. The van der Waals surface area contributed by atoms with Gasteiger partial charge in [0, 0.05) is 23.2 Å². The molecule has 2 aliphatic heterocycles. The maximum atomic E-state index is 12.5. The van der Waals surface area contributed by atoms with Gasteiger partial charge in [0.1, 0.15) is 18.3 Å². The van der Waals surface area contributed by atoms with Gasteiger partial charge in [0.15, 0.2) is 11.6 Å². The van der Waals surface area contributed by atoms with E-state index in [0.717, 1.165) is 5.57 Å². The second kappa shape index (κ2) is 4.76. The van der Waals surface area contributed by atoms with Crippen molar-refractivity contribution < 1.29 is 34.4 Å². The van der Waals surface area contributed by atoms with Crippen LogP contribution in [-0.2, 0) is 19.1 Å². The van der Waals surface area contributed by atoms with E-state index in [1.165, 1.54) is 6.08 Å². The van der Waals surface area contributed by atoms with Gasteiger partial charge < -0.3 is 24.8 Å². The van der Waals surface area contributed by atoms with Crippen LogP contribution in [0, 0.1) is 28.6 Å². The number of allylic oxidation sites excluding steroid dienone is 1. The van der Waals surface area contributed by atoms with Gasteiger partial charge in [-0.25, -0.2) is 0 Å². The molecule has 3 N–H and O–H groups in total. The summed E-state index contributed by atoms with van der Waals surface area (Å²) in [6, 6.07) is 0. The molecule has 2 heterocycles. The van der Waals surface area contributed by atoms with Crippen molar-refractivity contribution >= 4 is 11.8 Å². The van der Waals surface area contributed by atoms with Gasteiger partial charge in [-0.3, -0.25) is 9.59 Å². The smallest absolute Gasteiger partial charge is 0.306 e. The Morgan fingerprint density at radius 3 is 2.69 bits per heavy atom. The number of fused-ring (bicyclic) bond motifs is 1. The van der Waals surface area contributed by atoms with E-state index in [1.54, 1.807) is 0 Å². The predicted octanol–water partition coefficient (Wildman–Crippen LogP) is -0.0798. The zero-order valence-corrected chi connectivity index (χ0v) is 14.8.